The van der Waals surface area contributed by atoms with Gasteiger partial charge in [0.2, 0.25) is 5.91 Å². The molecule has 0 aliphatic carbocycles. The number of fused-ring (bicyclic) bond motifs is 1. The van der Waals surface area contributed by atoms with E-state index in [1.807, 2.05) is 17.9 Å². The number of nitrogens with zero attached hydrogens (tertiary/aromatic N) is 2. The molecule has 1 N–H and O–H groups in total. The molecule has 0 spiro atoms. The van der Waals surface area contributed by atoms with Crippen LogP contribution in [-0.4, -0.2) is 60.9 Å². The molecule has 2 aromatic rings. The van der Waals surface area contributed by atoms with E-state index in [9.17, 15) is 9.59 Å². The Balaban J connectivity index is 1.63. The summed E-state index contributed by atoms with van der Waals surface area (Å²) < 4.78 is 5.77. The van der Waals surface area contributed by atoms with Crippen molar-refractivity contribution < 1.29 is 14.0 Å². The van der Waals surface area contributed by atoms with E-state index >= 15 is 0 Å². The van der Waals surface area contributed by atoms with Gasteiger partial charge in [0.25, 0.3) is 5.91 Å². The Hall–Kier alpha value is -2.31. The lowest BCUT2D eigenvalue weighted by atomic mass is 10.1. The van der Waals surface area contributed by atoms with Gasteiger partial charge in [-0.15, -0.1) is 6.58 Å². The summed E-state index contributed by atoms with van der Waals surface area (Å²) in [5.41, 5.74) is 1.46. The number of aryl methyl sites for hydroxylation is 1. The van der Waals surface area contributed by atoms with E-state index < -0.39 is 0 Å². The first-order chi connectivity index (χ1) is 12.5. The van der Waals surface area contributed by atoms with Gasteiger partial charge >= 0.3 is 0 Å². The van der Waals surface area contributed by atoms with E-state index in [0.717, 1.165) is 10.9 Å². The predicted molar refractivity (Wildman–Crippen MR) is 102 cm³/mol. The van der Waals surface area contributed by atoms with E-state index in [1.54, 1.807) is 23.1 Å². The Kier molecular flexibility index (Phi) is 5.64. The van der Waals surface area contributed by atoms with Gasteiger partial charge in [-0.25, -0.2) is 0 Å². The molecular weight excluding hydrogens is 354 g/mol. The van der Waals surface area contributed by atoms with Gasteiger partial charge in [-0.2, -0.15) is 0 Å². The molecule has 1 aliphatic rings. The third-order valence-electron chi connectivity index (χ3n) is 4.56. The molecule has 26 heavy (non-hydrogen) atoms. The molecular formula is C19H22ClN3O3. The van der Waals surface area contributed by atoms with Crippen LogP contribution in [0, 0.1) is 6.92 Å². The Morgan fingerprint density at radius 2 is 2.04 bits per heavy atom. The molecule has 1 aliphatic heterocycles. The van der Waals surface area contributed by atoms with Gasteiger partial charge in [-0.1, -0.05) is 17.7 Å². The predicted octanol–water partition coefficient (Wildman–Crippen LogP) is 2.45. The van der Waals surface area contributed by atoms with E-state index in [1.165, 1.54) is 0 Å². The quantitative estimate of drug-likeness (QED) is 0.815. The molecule has 1 fully saturated rings. The highest BCUT2D eigenvalue weighted by molar-refractivity contribution is 6.31. The molecule has 0 bridgehead atoms. The van der Waals surface area contributed by atoms with E-state index in [-0.39, 0.29) is 11.8 Å². The van der Waals surface area contributed by atoms with Gasteiger partial charge in [-0.3, -0.25) is 14.5 Å². The molecule has 0 unspecified atom stereocenters. The highest BCUT2D eigenvalue weighted by Crippen LogP contribution is 2.28. The Labute approximate surface area is 157 Å². The van der Waals surface area contributed by atoms with Crippen molar-refractivity contribution in [2.45, 2.75) is 6.92 Å². The minimum Gasteiger partial charge on any atom is -0.451 e. The van der Waals surface area contributed by atoms with Crippen molar-refractivity contribution >= 4 is 34.4 Å². The van der Waals surface area contributed by atoms with Crippen molar-refractivity contribution in [1.29, 1.82) is 0 Å². The normalized spacial score (nSPS) is 15.2. The van der Waals surface area contributed by atoms with Gasteiger partial charge in [0.1, 0.15) is 5.58 Å². The van der Waals surface area contributed by atoms with Gasteiger partial charge < -0.3 is 14.6 Å². The van der Waals surface area contributed by atoms with Crippen LogP contribution in [-0.2, 0) is 4.79 Å². The Bertz CT molecular complexity index is 838. The van der Waals surface area contributed by atoms with Crippen LogP contribution in [0.4, 0.5) is 0 Å². The SMILES string of the molecule is C=CCNC(=O)CN1CCN(C(=O)c2oc3ccc(Cl)cc3c2C)CC1. The highest BCUT2D eigenvalue weighted by atomic mass is 35.5. The van der Waals surface area contributed by atoms with Gasteiger partial charge in [0.05, 0.1) is 6.54 Å². The maximum absolute atomic E-state index is 12.8. The number of piperazine rings is 1. The van der Waals surface area contributed by atoms with Crippen LogP contribution in [0.15, 0.2) is 35.3 Å². The fraction of sp³-hybridized carbons (Fsp3) is 0.368. The molecule has 0 atom stereocenters. The molecule has 0 radical (unpaired) electrons. The molecule has 6 nitrogen and oxygen atoms in total. The van der Waals surface area contributed by atoms with Crippen LogP contribution < -0.4 is 5.32 Å². The number of carbonyl (C=O) groups excluding carboxylic acids is 2. The fourth-order valence-electron chi connectivity index (χ4n) is 3.09. The summed E-state index contributed by atoms with van der Waals surface area (Å²) in [6, 6.07) is 5.34. The van der Waals surface area contributed by atoms with Crippen LogP contribution in [0.3, 0.4) is 0 Å². The number of carbonyl (C=O) groups is 2. The van der Waals surface area contributed by atoms with Crippen LogP contribution in [0.1, 0.15) is 16.1 Å². The first-order valence-electron chi connectivity index (χ1n) is 8.57. The number of hydrogen-bond donors (Lipinski definition) is 1. The van der Waals surface area contributed by atoms with Crippen LogP contribution in [0.25, 0.3) is 11.0 Å². The topological polar surface area (TPSA) is 65.8 Å². The van der Waals surface area contributed by atoms with E-state index in [2.05, 4.69) is 11.9 Å². The second-order valence-electron chi connectivity index (χ2n) is 6.36. The molecule has 0 saturated carbocycles. The van der Waals surface area contributed by atoms with Crippen molar-refractivity contribution in [3.63, 3.8) is 0 Å². The van der Waals surface area contributed by atoms with Gasteiger partial charge in [-0.05, 0) is 25.1 Å². The number of nitrogens with one attached hydrogen (secondary N) is 1. The monoisotopic (exact) mass is 375 g/mol. The number of benzene rings is 1. The zero-order chi connectivity index (χ0) is 18.7. The maximum Gasteiger partial charge on any atom is 0.289 e. The van der Waals surface area contributed by atoms with E-state index in [0.29, 0.717) is 55.6 Å². The van der Waals surface area contributed by atoms with Crippen molar-refractivity contribution in [2.75, 3.05) is 39.3 Å². The summed E-state index contributed by atoms with van der Waals surface area (Å²) in [6.45, 7) is 8.67. The van der Waals surface area contributed by atoms with E-state index in [4.69, 9.17) is 16.0 Å². The second kappa shape index (κ2) is 7.93. The molecule has 7 heteroatoms. The summed E-state index contributed by atoms with van der Waals surface area (Å²) in [7, 11) is 0. The van der Waals surface area contributed by atoms with Crippen LogP contribution in [0.5, 0.6) is 0 Å². The average Bonchev–Trinajstić information content (AvgIpc) is 2.96. The third kappa shape index (κ3) is 3.92. The number of amides is 2. The smallest absolute Gasteiger partial charge is 0.289 e. The lowest BCUT2D eigenvalue weighted by molar-refractivity contribution is -0.122. The molecule has 1 aromatic heterocycles. The molecule has 1 saturated heterocycles. The van der Waals surface area contributed by atoms with Gasteiger partial charge in [0, 0.05) is 48.7 Å². The lowest BCUT2D eigenvalue weighted by Crippen LogP contribution is -2.51. The standard InChI is InChI=1S/C19H22ClN3O3/c1-3-6-21-17(24)12-22-7-9-23(10-8-22)19(25)18-13(2)15-11-14(20)4-5-16(15)26-18/h3-5,11H,1,6-10,12H2,2H3,(H,21,24). The lowest BCUT2D eigenvalue weighted by Gasteiger charge is -2.33. The Morgan fingerprint density at radius 1 is 1.31 bits per heavy atom. The molecule has 2 heterocycles. The fourth-order valence-corrected chi connectivity index (χ4v) is 3.27. The first kappa shape index (κ1) is 18.5. The van der Waals surface area contributed by atoms with Crippen LogP contribution in [0.2, 0.25) is 5.02 Å². The summed E-state index contributed by atoms with van der Waals surface area (Å²) in [5.74, 6) is 0.208. The number of furan rings is 1. The minimum absolute atomic E-state index is 0.0327. The summed E-state index contributed by atoms with van der Waals surface area (Å²) in [6.07, 6.45) is 1.65. The maximum atomic E-state index is 12.8. The van der Waals surface area contributed by atoms with Crippen molar-refractivity contribution in [1.82, 2.24) is 15.1 Å². The number of rotatable bonds is 5. The third-order valence-corrected chi connectivity index (χ3v) is 4.80. The Morgan fingerprint density at radius 3 is 2.73 bits per heavy atom. The summed E-state index contributed by atoms with van der Waals surface area (Å²) in [5, 5.41) is 4.24. The summed E-state index contributed by atoms with van der Waals surface area (Å²) >= 11 is 6.04. The molecule has 2 amide bonds. The minimum atomic E-state index is -0.120. The van der Waals surface area contributed by atoms with Crippen molar-refractivity contribution in [3.05, 3.63) is 47.2 Å². The zero-order valence-electron chi connectivity index (χ0n) is 14.8. The number of hydrogen-bond acceptors (Lipinski definition) is 4. The largest absolute Gasteiger partial charge is 0.451 e. The molecule has 138 valence electrons. The highest BCUT2D eigenvalue weighted by Gasteiger charge is 2.27. The zero-order valence-corrected chi connectivity index (χ0v) is 15.5. The first-order valence-corrected chi connectivity index (χ1v) is 8.95. The summed E-state index contributed by atoms with van der Waals surface area (Å²) in [4.78, 5) is 28.4. The number of halogens is 1. The van der Waals surface area contributed by atoms with Crippen molar-refractivity contribution in [3.8, 4) is 0 Å². The van der Waals surface area contributed by atoms with Gasteiger partial charge in [0.15, 0.2) is 5.76 Å². The second-order valence-corrected chi connectivity index (χ2v) is 6.79. The van der Waals surface area contributed by atoms with Crippen molar-refractivity contribution in [2.24, 2.45) is 0 Å². The molecule has 3 rings (SSSR count). The van der Waals surface area contributed by atoms with Crippen LogP contribution >= 0.6 is 11.6 Å². The molecule has 1 aromatic carbocycles. The average molecular weight is 376 g/mol.